The van der Waals surface area contributed by atoms with Crippen LogP contribution in [0.3, 0.4) is 0 Å². The molecule has 0 radical (unpaired) electrons. The maximum atomic E-state index is 12.5. The number of thioether (sulfide) groups is 1. The summed E-state index contributed by atoms with van der Waals surface area (Å²) >= 11 is 1.43. The average molecular weight is 336 g/mol. The van der Waals surface area contributed by atoms with Crippen molar-refractivity contribution < 1.29 is 4.79 Å². The maximum Gasteiger partial charge on any atom is 0.266 e. The molecule has 0 bridgehead atoms. The van der Waals surface area contributed by atoms with Gasteiger partial charge in [-0.05, 0) is 48.4 Å². The van der Waals surface area contributed by atoms with Crippen LogP contribution >= 0.6 is 11.8 Å². The smallest absolute Gasteiger partial charge is 0.266 e. The third-order valence-corrected chi connectivity index (χ3v) is 5.03. The number of nitrogens with zero attached hydrogens (tertiary/aromatic N) is 2. The van der Waals surface area contributed by atoms with Crippen LogP contribution in [0, 0.1) is 6.92 Å². The molecule has 3 nitrogen and oxygen atoms in total. The summed E-state index contributed by atoms with van der Waals surface area (Å²) in [6, 6.07) is 16.2. The van der Waals surface area contributed by atoms with E-state index in [1.165, 1.54) is 22.9 Å². The quantitative estimate of drug-likeness (QED) is 0.755. The van der Waals surface area contributed by atoms with Crippen molar-refractivity contribution in [2.24, 2.45) is 4.99 Å². The van der Waals surface area contributed by atoms with Crippen molar-refractivity contribution in [2.45, 2.75) is 20.3 Å². The summed E-state index contributed by atoms with van der Waals surface area (Å²) in [6.07, 6.45) is 2.85. The number of para-hydroxylation sites is 1. The molecule has 0 atom stereocenters. The number of amides is 1. The van der Waals surface area contributed by atoms with Gasteiger partial charge in [0.1, 0.15) is 0 Å². The third-order valence-electron chi connectivity index (χ3n) is 3.97. The van der Waals surface area contributed by atoms with Crippen molar-refractivity contribution in [1.82, 2.24) is 4.90 Å². The van der Waals surface area contributed by atoms with Gasteiger partial charge in [0.15, 0.2) is 5.17 Å². The van der Waals surface area contributed by atoms with Crippen molar-refractivity contribution in [1.29, 1.82) is 0 Å². The van der Waals surface area contributed by atoms with E-state index in [9.17, 15) is 4.79 Å². The highest BCUT2D eigenvalue weighted by Gasteiger charge is 2.30. The highest BCUT2D eigenvalue weighted by Crippen LogP contribution is 2.33. The number of hydrogen-bond donors (Lipinski definition) is 0. The van der Waals surface area contributed by atoms with Crippen molar-refractivity contribution in [3.05, 3.63) is 70.1 Å². The fourth-order valence-corrected chi connectivity index (χ4v) is 3.47. The van der Waals surface area contributed by atoms with Crippen LogP contribution in [-0.4, -0.2) is 23.0 Å². The van der Waals surface area contributed by atoms with Crippen LogP contribution in [0.4, 0.5) is 5.69 Å². The van der Waals surface area contributed by atoms with Gasteiger partial charge in [0.05, 0.1) is 10.6 Å². The number of likely N-dealkylation sites (N-methyl/N-ethyl adjacent to an activating group) is 1. The van der Waals surface area contributed by atoms with E-state index in [-0.39, 0.29) is 5.91 Å². The van der Waals surface area contributed by atoms with Crippen LogP contribution in [0.5, 0.6) is 0 Å². The fourth-order valence-electron chi connectivity index (χ4n) is 2.49. The molecule has 0 saturated carbocycles. The van der Waals surface area contributed by atoms with Crippen molar-refractivity contribution in [3.8, 4) is 0 Å². The number of carbonyl (C=O) groups is 1. The molecule has 24 heavy (non-hydrogen) atoms. The Morgan fingerprint density at radius 1 is 1.12 bits per heavy atom. The molecule has 122 valence electrons. The van der Waals surface area contributed by atoms with E-state index in [4.69, 9.17) is 4.99 Å². The van der Waals surface area contributed by atoms with Gasteiger partial charge in [-0.3, -0.25) is 9.69 Å². The number of carbonyl (C=O) groups excluding carboxylic acids is 1. The summed E-state index contributed by atoms with van der Waals surface area (Å²) in [5, 5.41) is 0.722. The Morgan fingerprint density at radius 2 is 1.83 bits per heavy atom. The van der Waals surface area contributed by atoms with E-state index in [1.54, 1.807) is 11.9 Å². The Bertz CT molecular complexity index is 822. The van der Waals surface area contributed by atoms with E-state index < -0.39 is 0 Å². The van der Waals surface area contributed by atoms with Crippen LogP contribution in [0.1, 0.15) is 23.6 Å². The van der Waals surface area contributed by atoms with Gasteiger partial charge in [-0.25, -0.2) is 4.99 Å². The summed E-state index contributed by atoms with van der Waals surface area (Å²) in [7, 11) is 1.78. The molecule has 1 heterocycles. The zero-order valence-corrected chi connectivity index (χ0v) is 14.9. The highest BCUT2D eigenvalue weighted by molar-refractivity contribution is 8.18. The van der Waals surface area contributed by atoms with Crippen molar-refractivity contribution >= 4 is 34.6 Å². The molecule has 3 rings (SSSR count). The third kappa shape index (κ3) is 3.44. The lowest BCUT2D eigenvalue weighted by Gasteiger charge is -2.08. The maximum absolute atomic E-state index is 12.5. The summed E-state index contributed by atoms with van der Waals surface area (Å²) < 4.78 is 0. The first kappa shape index (κ1) is 16.5. The Kier molecular flexibility index (Phi) is 4.86. The number of aryl methyl sites for hydroxylation is 2. The SMILES string of the molecule is CCc1ccccc1N=C1S/C(=C\c2ccc(C)cc2)C(=O)N1C. The largest absolute Gasteiger partial charge is 0.290 e. The summed E-state index contributed by atoms with van der Waals surface area (Å²) in [6.45, 7) is 4.16. The van der Waals surface area contributed by atoms with E-state index in [1.807, 2.05) is 48.5 Å². The van der Waals surface area contributed by atoms with E-state index in [2.05, 4.69) is 19.9 Å². The van der Waals surface area contributed by atoms with Crippen molar-refractivity contribution in [3.63, 3.8) is 0 Å². The number of amidine groups is 1. The molecule has 2 aromatic carbocycles. The molecular weight excluding hydrogens is 316 g/mol. The molecule has 0 aromatic heterocycles. The summed E-state index contributed by atoms with van der Waals surface area (Å²) in [4.78, 5) is 19.5. The number of benzene rings is 2. The van der Waals surface area contributed by atoms with Crippen LogP contribution in [0.2, 0.25) is 0 Å². The predicted octanol–water partition coefficient (Wildman–Crippen LogP) is 4.79. The summed E-state index contributed by atoms with van der Waals surface area (Å²) in [5.74, 6) is -0.00620. The van der Waals surface area contributed by atoms with Gasteiger partial charge in [-0.1, -0.05) is 55.0 Å². The van der Waals surface area contributed by atoms with Gasteiger partial charge < -0.3 is 0 Å². The number of aliphatic imine (C=N–C) groups is 1. The van der Waals surface area contributed by atoms with E-state index in [0.717, 1.165) is 22.8 Å². The molecule has 1 amide bonds. The van der Waals surface area contributed by atoms with Crippen LogP contribution in [0.15, 0.2) is 58.4 Å². The van der Waals surface area contributed by atoms with Gasteiger partial charge in [-0.2, -0.15) is 0 Å². The lowest BCUT2D eigenvalue weighted by Crippen LogP contribution is -2.23. The molecule has 1 aliphatic rings. The van der Waals surface area contributed by atoms with E-state index in [0.29, 0.717) is 4.91 Å². The van der Waals surface area contributed by atoms with Gasteiger partial charge in [-0.15, -0.1) is 0 Å². The first-order valence-electron chi connectivity index (χ1n) is 7.99. The predicted molar refractivity (Wildman–Crippen MR) is 102 cm³/mol. The second-order valence-corrected chi connectivity index (χ2v) is 6.77. The highest BCUT2D eigenvalue weighted by atomic mass is 32.2. The van der Waals surface area contributed by atoms with Gasteiger partial charge >= 0.3 is 0 Å². The first-order valence-corrected chi connectivity index (χ1v) is 8.81. The monoisotopic (exact) mass is 336 g/mol. The number of hydrogen-bond acceptors (Lipinski definition) is 3. The first-order chi connectivity index (χ1) is 11.6. The summed E-state index contributed by atoms with van der Waals surface area (Å²) in [5.41, 5.74) is 4.35. The molecule has 0 aliphatic carbocycles. The lowest BCUT2D eigenvalue weighted by atomic mass is 10.1. The zero-order valence-electron chi connectivity index (χ0n) is 14.1. The topological polar surface area (TPSA) is 32.7 Å². The zero-order chi connectivity index (χ0) is 17.1. The molecule has 0 spiro atoms. The molecule has 2 aromatic rings. The second kappa shape index (κ2) is 7.05. The minimum atomic E-state index is -0.00620. The van der Waals surface area contributed by atoms with Crippen LogP contribution < -0.4 is 0 Å². The molecule has 4 heteroatoms. The molecule has 0 unspecified atom stereocenters. The Hall–Kier alpha value is -2.33. The normalized spacial score (nSPS) is 18.0. The number of rotatable bonds is 3. The Labute approximate surface area is 147 Å². The van der Waals surface area contributed by atoms with Crippen LogP contribution in [0.25, 0.3) is 6.08 Å². The van der Waals surface area contributed by atoms with Crippen molar-refractivity contribution in [2.75, 3.05) is 7.05 Å². The Balaban J connectivity index is 1.91. The van der Waals surface area contributed by atoms with Gasteiger partial charge in [0.25, 0.3) is 5.91 Å². The molecule has 1 aliphatic heterocycles. The molecule has 1 saturated heterocycles. The minimum absolute atomic E-state index is 0.00620. The van der Waals surface area contributed by atoms with Crippen LogP contribution in [-0.2, 0) is 11.2 Å². The van der Waals surface area contributed by atoms with Gasteiger partial charge in [0.2, 0.25) is 0 Å². The molecular formula is C20H20N2OS. The van der Waals surface area contributed by atoms with E-state index >= 15 is 0 Å². The minimum Gasteiger partial charge on any atom is -0.290 e. The molecule has 1 fully saturated rings. The fraction of sp³-hybridized carbons (Fsp3) is 0.200. The average Bonchev–Trinajstić information content (AvgIpc) is 2.85. The second-order valence-electron chi connectivity index (χ2n) is 5.76. The standard InChI is InChI=1S/C20H20N2OS/c1-4-16-7-5-6-8-17(16)21-20-22(3)19(23)18(24-20)13-15-11-9-14(2)10-12-15/h5-13H,4H2,1-3H3/b18-13-,21-20?. The Morgan fingerprint density at radius 3 is 2.54 bits per heavy atom. The lowest BCUT2D eigenvalue weighted by molar-refractivity contribution is -0.121. The molecule has 0 N–H and O–H groups in total. The van der Waals surface area contributed by atoms with Gasteiger partial charge in [0, 0.05) is 7.05 Å².